The number of nitrogens with zero attached hydrogens (tertiary/aromatic N) is 4. The van der Waals surface area contributed by atoms with Crippen LogP contribution in [-0.2, 0) is 13.0 Å². The minimum Gasteiger partial charge on any atom is -0.378 e. The van der Waals surface area contributed by atoms with Crippen molar-refractivity contribution in [2.75, 3.05) is 42.2 Å². The van der Waals surface area contributed by atoms with E-state index in [1.807, 2.05) is 13.1 Å². The summed E-state index contributed by atoms with van der Waals surface area (Å²) in [7, 11) is 1.89. The Balaban J connectivity index is 1.33. The van der Waals surface area contributed by atoms with Crippen molar-refractivity contribution in [1.29, 1.82) is 5.26 Å². The fourth-order valence-electron chi connectivity index (χ4n) is 5.54. The van der Waals surface area contributed by atoms with Gasteiger partial charge in [-0.05, 0) is 61.8 Å². The third-order valence-corrected chi connectivity index (χ3v) is 7.97. The molecule has 10 heteroatoms. The molecule has 188 valence electrons. The molecule has 3 aliphatic carbocycles. The SMILES string of the molecule is CNCCNCc1cc2c(nc1C=O)N(C(=O)Nc1cc(NC34CC(C3)C4C)c(C#N)cn1)CCC2. The highest BCUT2D eigenvalue weighted by Gasteiger charge is 2.63. The number of hydrogen-bond acceptors (Lipinski definition) is 8. The fourth-order valence-corrected chi connectivity index (χ4v) is 5.54. The second kappa shape index (κ2) is 9.84. The molecule has 6 rings (SSSR count). The van der Waals surface area contributed by atoms with Gasteiger partial charge >= 0.3 is 6.03 Å². The summed E-state index contributed by atoms with van der Waals surface area (Å²) >= 11 is 0. The van der Waals surface area contributed by atoms with Crippen LogP contribution in [0.25, 0.3) is 0 Å². The Labute approximate surface area is 210 Å². The molecule has 3 fully saturated rings. The predicted octanol–water partition coefficient (Wildman–Crippen LogP) is 2.66. The lowest BCUT2D eigenvalue weighted by atomic mass is 9.43. The predicted molar refractivity (Wildman–Crippen MR) is 137 cm³/mol. The largest absolute Gasteiger partial charge is 0.378 e. The van der Waals surface area contributed by atoms with Crippen LogP contribution in [-0.4, -0.2) is 54.5 Å². The molecule has 3 saturated carbocycles. The third-order valence-electron chi connectivity index (χ3n) is 7.97. The summed E-state index contributed by atoms with van der Waals surface area (Å²) in [5, 5.41) is 22.4. The van der Waals surface area contributed by atoms with E-state index >= 15 is 0 Å². The molecule has 0 aromatic carbocycles. The second-order valence-corrected chi connectivity index (χ2v) is 10.1. The zero-order valence-electron chi connectivity index (χ0n) is 20.7. The van der Waals surface area contributed by atoms with Crippen LogP contribution < -0.4 is 26.2 Å². The van der Waals surface area contributed by atoms with Crippen LogP contribution in [0.2, 0.25) is 0 Å². The molecule has 2 amide bonds. The highest BCUT2D eigenvalue weighted by atomic mass is 16.2. The number of urea groups is 1. The Hall–Kier alpha value is -3.55. The van der Waals surface area contributed by atoms with Gasteiger partial charge in [-0.1, -0.05) is 6.92 Å². The number of aromatic nitrogens is 2. The molecule has 10 nitrogen and oxygen atoms in total. The van der Waals surface area contributed by atoms with Crippen LogP contribution >= 0.6 is 0 Å². The smallest absolute Gasteiger partial charge is 0.328 e. The molecule has 2 aromatic rings. The fraction of sp³-hybridized carbons (Fsp3) is 0.500. The number of anilines is 3. The molecular formula is C26H32N8O2. The lowest BCUT2D eigenvalue weighted by Gasteiger charge is -2.68. The number of aldehydes is 1. The highest BCUT2D eigenvalue weighted by molar-refractivity contribution is 6.01. The van der Waals surface area contributed by atoms with Crippen molar-refractivity contribution >= 4 is 29.6 Å². The van der Waals surface area contributed by atoms with Crippen molar-refractivity contribution in [2.45, 2.75) is 44.7 Å². The van der Waals surface area contributed by atoms with Gasteiger partial charge in [-0.25, -0.2) is 14.8 Å². The molecule has 1 unspecified atom stereocenters. The molecule has 0 spiro atoms. The van der Waals surface area contributed by atoms with E-state index < -0.39 is 0 Å². The Morgan fingerprint density at radius 1 is 1.33 bits per heavy atom. The molecule has 1 atom stereocenters. The molecule has 3 heterocycles. The summed E-state index contributed by atoms with van der Waals surface area (Å²) in [5.74, 6) is 2.24. The number of amides is 2. The van der Waals surface area contributed by atoms with E-state index in [4.69, 9.17) is 0 Å². The van der Waals surface area contributed by atoms with E-state index in [9.17, 15) is 14.9 Å². The number of rotatable bonds is 9. The minimum absolute atomic E-state index is 0.0550. The van der Waals surface area contributed by atoms with Gasteiger partial charge in [0.1, 0.15) is 23.4 Å². The summed E-state index contributed by atoms with van der Waals surface area (Å²) < 4.78 is 0. The van der Waals surface area contributed by atoms with E-state index in [1.165, 1.54) is 6.20 Å². The van der Waals surface area contributed by atoms with Crippen LogP contribution in [0.1, 0.15) is 53.4 Å². The normalized spacial score (nSPS) is 23.5. The maximum atomic E-state index is 13.3. The summed E-state index contributed by atoms with van der Waals surface area (Å²) in [6, 6.07) is 5.55. The molecule has 1 aliphatic heterocycles. The molecule has 4 aliphatic rings. The van der Waals surface area contributed by atoms with E-state index in [0.717, 1.165) is 62.1 Å². The van der Waals surface area contributed by atoms with E-state index in [1.54, 1.807) is 11.0 Å². The number of fused-ring (bicyclic) bond motifs is 1. The molecule has 0 saturated heterocycles. The molecule has 0 radical (unpaired) electrons. The number of carbonyl (C=O) groups excluding carboxylic acids is 2. The summed E-state index contributed by atoms with van der Waals surface area (Å²) in [4.78, 5) is 35.5. The van der Waals surface area contributed by atoms with Crippen molar-refractivity contribution in [3.63, 3.8) is 0 Å². The van der Waals surface area contributed by atoms with Gasteiger partial charge in [0.25, 0.3) is 0 Å². The summed E-state index contributed by atoms with van der Waals surface area (Å²) in [5.41, 5.74) is 3.32. The van der Waals surface area contributed by atoms with E-state index in [0.29, 0.717) is 47.6 Å². The lowest BCUT2D eigenvalue weighted by Crippen LogP contribution is -2.70. The zero-order valence-corrected chi connectivity index (χ0v) is 20.7. The van der Waals surface area contributed by atoms with Gasteiger partial charge < -0.3 is 16.0 Å². The number of carbonyl (C=O) groups is 2. The number of nitriles is 1. The Morgan fingerprint density at radius 2 is 2.17 bits per heavy atom. The van der Waals surface area contributed by atoms with Gasteiger partial charge in [0.2, 0.25) is 0 Å². The number of pyridine rings is 2. The molecule has 36 heavy (non-hydrogen) atoms. The topological polar surface area (TPSA) is 135 Å². The second-order valence-electron chi connectivity index (χ2n) is 10.1. The van der Waals surface area contributed by atoms with Crippen molar-refractivity contribution in [3.05, 3.63) is 40.7 Å². The van der Waals surface area contributed by atoms with E-state index in [2.05, 4.69) is 44.2 Å². The van der Waals surface area contributed by atoms with E-state index in [-0.39, 0.29) is 11.6 Å². The zero-order chi connectivity index (χ0) is 25.3. The van der Waals surface area contributed by atoms with Crippen molar-refractivity contribution in [2.24, 2.45) is 11.8 Å². The standard InChI is InChI=1S/C26H32N8O2/c1-16-19-10-26(16,11-19)33-21-9-23(30-14-20(21)12-27)32-25(36)34-7-3-4-17-8-18(13-29-6-5-28-2)22(15-35)31-24(17)34/h8-9,14-16,19,28-29H,3-7,10-11,13H2,1-2H3,(H2,30,32,33,36). The van der Waals surface area contributed by atoms with Crippen LogP contribution in [0.4, 0.5) is 22.1 Å². The van der Waals surface area contributed by atoms with Crippen LogP contribution in [0, 0.1) is 23.2 Å². The quantitative estimate of drug-likeness (QED) is 0.313. The first kappa shape index (κ1) is 24.2. The molecular weight excluding hydrogens is 456 g/mol. The van der Waals surface area contributed by atoms with Crippen LogP contribution in [0.5, 0.6) is 0 Å². The maximum Gasteiger partial charge on any atom is 0.328 e. The molecule has 4 N–H and O–H groups in total. The van der Waals surface area contributed by atoms with Crippen molar-refractivity contribution in [1.82, 2.24) is 20.6 Å². The van der Waals surface area contributed by atoms with Gasteiger partial charge in [0, 0.05) is 44.0 Å². The van der Waals surface area contributed by atoms with Gasteiger partial charge in [0.05, 0.1) is 11.3 Å². The van der Waals surface area contributed by atoms with Crippen LogP contribution in [0.15, 0.2) is 18.3 Å². The van der Waals surface area contributed by atoms with Crippen LogP contribution in [0.3, 0.4) is 0 Å². The van der Waals surface area contributed by atoms with Gasteiger partial charge in [-0.2, -0.15) is 5.26 Å². The lowest BCUT2D eigenvalue weighted by molar-refractivity contribution is -0.0809. The first-order valence-electron chi connectivity index (χ1n) is 12.6. The Kier molecular flexibility index (Phi) is 6.60. The molecule has 2 aromatic heterocycles. The average molecular weight is 489 g/mol. The van der Waals surface area contributed by atoms with Gasteiger partial charge in [-0.3, -0.25) is 15.0 Å². The van der Waals surface area contributed by atoms with Gasteiger partial charge in [-0.15, -0.1) is 0 Å². The Morgan fingerprint density at radius 3 is 2.83 bits per heavy atom. The third kappa shape index (κ3) is 4.29. The number of likely N-dealkylation sites (N-methyl/N-ethyl adjacent to an activating group) is 1. The maximum absolute atomic E-state index is 13.3. The monoisotopic (exact) mass is 488 g/mol. The molecule has 2 bridgehead atoms. The number of aryl methyl sites for hydroxylation is 1. The van der Waals surface area contributed by atoms with Crippen molar-refractivity contribution in [3.8, 4) is 6.07 Å². The highest BCUT2D eigenvalue weighted by Crippen LogP contribution is 2.63. The van der Waals surface area contributed by atoms with Crippen molar-refractivity contribution < 1.29 is 9.59 Å². The average Bonchev–Trinajstić information content (AvgIpc) is 2.88. The number of nitrogens with one attached hydrogen (secondary N) is 4. The first-order chi connectivity index (χ1) is 17.5. The first-order valence-corrected chi connectivity index (χ1v) is 12.6. The van der Waals surface area contributed by atoms with Gasteiger partial charge in [0.15, 0.2) is 6.29 Å². The summed E-state index contributed by atoms with van der Waals surface area (Å²) in [6.45, 7) is 4.86. The minimum atomic E-state index is -0.359. The number of hydrogen-bond donors (Lipinski definition) is 4. The Bertz CT molecular complexity index is 1220. The summed E-state index contributed by atoms with van der Waals surface area (Å²) in [6.07, 6.45) is 6.06.